The van der Waals surface area contributed by atoms with Gasteiger partial charge in [-0.25, -0.2) is 0 Å². The van der Waals surface area contributed by atoms with Crippen LogP contribution in [0, 0.1) is 13.8 Å². The van der Waals surface area contributed by atoms with Crippen molar-refractivity contribution >= 4 is 23.1 Å². The molecule has 178 valence electrons. The summed E-state index contributed by atoms with van der Waals surface area (Å²) in [6.45, 7) is 5.94. The first kappa shape index (κ1) is 22.7. The van der Waals surface area contributed by atoms with Crippen molar-refractivity contribution in [2.24, 2.45) is 0 Å². The first-order valence-corrected chi connectivity index (χ1v) is 11.6. The van der Waals surface area contributed by atoms with Gasteiger partial charge in [-0.3, -0.25) is 14.5 Å². The predicted molar refractivity (Wildman–Crippen MR) is 134 cm³/mol. The molecule has 0 aliphatic carbocycles. The lowest BCUT2D eigenvalue weighted by Crippen LogP contribution is -2.29. The van der Waals surface area contributed by atoms with Crippen molar-refractivity contribution in [2.45, 2.75) is 39.3 Å². The molecule has 3 aromatic rings. The number of aryl methyl sites for hydroxylation is 2. The van der Waals surface area contributed by atoms with Crippen molar-refractivity contribution in [3.63, 3.8) is 0 Å². The molecule has 1 N–H and O–H groups in total. The molecule has 3 aromatic carbocycles. The Bertz CT molecular complexity index is 1390. The number of hydrogen-bond acceptors (Lipinski definition) is 5. The summed E-state index contributed by atoms with van der Waals surface area (Å²) in [7, 11) is 1.56. The fourth-order valence-corrected chi connectivity index (χ4v) is 4.83. The van der Waals surface area contributed by atoms with Gasteiger partial charge < -0.3 is 14.6 Å². The molecule has 0 radical (unpaired) electrons. The largest absolute Gasteiger partial charge is 0.507 e. The summed E-state index contributed by atoms with van der Waals surface area (Å²) in [5, 5.41) is 11.4. The van der Waals surface area contributed by atoms with Crippen LogP contribution < -0.4 is 14.4 Å². The number of fused-ring (bicyclic) bond motifs is 1. The number of methoxy groups -OCH3 is 1. The van der Waals surface area contributed by atoms with E-state index in [-0.39, 0.29) is 17.4 Å². The summed E-state index contributed by atoms with van der Waals surface area (Å²) in [6.07, 6.45) is 0.766. The lowest BCUT2D eigenvalue weighted by molar-refractivity contribution is -0.132. The summed E-state index contributed by atoms with van der Waals surface area (Å²) in [4.78, 5) is 28.3. The van der Waals surface area contributed by atoms with Gasteiger partial charge in [0.05, 0.1) is 18.7 Å². The molecule has 6 heteroatoms. The summed E-state index contributed by atoms with van der Waals surface area (Å²) >= 11 is 0. The van der Waals surface area contributed by atoms with E-state index in [9.17, 15) is 14.7 Å². The molecular weight excluding hydrogens is 442 g/mol. The highest BCUT2D eigenvalue weighted by Gasteiger charge is 2.47. The molecule has 2 heterocycles. The number of aliphatic hydroxyl groups excluding tert-OH is 1. The zero-order chi connectivity index (χ0) is 24.9. The van der Waals surface area contributed by atoms with E-state index in [1.807, 2.05) is 57.2 Å². The molecular formula is C29H27NO5. The third-order valence-corrected chi connectivity index (χ3v) is 6.79. The smallest absolute Gasteiger partial charge is 0.300 e. The zero-order valence-corrected chi connectivity index (χ0v) is 20.2. The van der Waals surface area contributed by atoms with Crippen LogP contribution in [-0.4, -0.2) is 30.0 Å². The predicted octanol–water partition coefficient (Wildman–Crippen LogP) is 5.26. The summed E-state index contributed by atoms with van der Waals surface area (Å²) < 4.78 is 11.2. The van der Waals surface area contributed by atoms with Crippen molar-refractivity contribution in [1.82, 2.24) is 0 Å². The number of ether oxygens (including phenoxy) is 2. The normalized spacial score (nSPS) is 20.6. The minimum absolute atomic E-state index is 0.0494. The van der Waals surface area contributed by atoms with E-state index in [0.29, 0.717) is 29.0 Å². The topological polar surface area (TPSA) is 76.1 Å². The van der Waals surface area contributed by atoms with E-state index in [4.69, 9.17) is 9.47 Å². The number of amides is 1. The van der Waals surface area contributed by atoms with Gasteiger partial charge >= 0.3 is 0 Å². The Morgan fingerprint density at radius 2 is 1.83 bits per heavy atom. The van der Waals surface area contributed by atoms with Crippen LogP contribution in [0.3, 0.4) is 0 Å². The van der Waals surface area contributed by atoms with Crippen molar-refractivity contribution in [3.8, 4) is 11.5 Å². The van der Waals surface area contributed by atoms with Gasteiger partial charge in [-0.05, 0) is 85.5 Å². The maximum absolute atomic E-state index is 13.4. The van der Waals surface area contributed by atoms with Gasteiger partial charge in [-0.2, -0.15) is 0 Å². The monoisotopic (exact) mass is 469 g/mol. The van der Waals surface area contributed by atoms with Crippen LogP contribution in [0.5, 0.6) is 11.5 Å². The number of Topliss-reactive ketones (excluding diaryl/α,β-unsaturated/α-hetero) is 1. The van der Waals surface area contributed by atoms with E-state index in [1.54, 1.807) is 31.4 Å². The SMILES string of the molecule is COc1cccc(C2/C(=C(/O)c3ccc4c(c3)CC(C)O4)C(=O)C(=O)N2c2ccc(C)c(C)c2)c1. The average molecular weight is 470 g/mol. The Morgan fingerprint density at radius 1 is 1.03 bits per heavy atom. The van der Waals surface area contributed by atoms with Gasteiger partial charge in [0, 0.05) is 17.7 Å². The van der Waals surface area contributed by atoms with Crippen LogP contribution in [0.1, 0.15) is 40.8 Å². The van der Waals surface area contributed by atoms with E-state index < -0.39 is 17.7 Å². The maximum atomic E-state index is 13.4. The Morgan fingerprint density at radius 3 is 2.57 bits per heavy atom. The molecule has 1 fully saturated rings. The van der Waals surface area contributed by atoms with Crippen molar-refractivity contribution in [2.75, 3.05) is 12.0 Å². The van der Waals surface area contributed by atoms with Gasteiger partial charge in [0.25, 0.3) is 11.7 Å². The summed E-state index contributed by atoms with van der Waals surface area (Å²) in [5.41, 5.74) is 4.84. The fourth-order valence-electron chi connectivity index (χ4n) is 4.83. The molecule has 0 spiro atoms. The van der Waals surface area contributed by atoms with Gasteiger partial charge in [-0.15, -0.1) is 0 Å². The van der Waals surface area contributed by atoms with Crippen LogP contribution in [0.4, 0.5) is 5.69 Å². The molecule has 35 heavy (non-hydrogen) atoms. The molecule has 1 saturated heterocycles. The standard InChI is InChI=1S/C29H27NO5/c1-16-8-10-22(12-17(16)2)30-26(19-6-5-7-23(15-19)34-4)25(28(32)29(30)33)27(31)20-9-11-24-21(14-20)13-18(3)35-24/h5-12,14-15,18,26,31H,13H2,1-4H3/b27-25-. The first-order valence-electron chi connectivity index (χ1n) is 11.6. The van der Waals surface area contributed by atoms with Gasteiger partial charge in [0.1, 0.15) is 23.4 Å². The van der Waals surface area contributed by atoms with Crippen molar-refractivity contribution in [3.05, 3.63) is 94.1 Å². The molecule has 6 nitrogen and oxygen atoms in total. The third-order valence-electron chi connectivity index (χ3n) is 6.79. The minimum Gasteiger partial charge on any atom is -0.507 e. The quantitative estimate of drug-likeness (QED) is 0.320. The van der Waals surface area contributed by atoms with Gasteiger partial charge in [-0.1, -0.05) is 18.2 Å². The molecule has 2 aliphatic rings. The highest BCUT2D eigenvalue weighted by molar-refractivity contribution is 6.51. The second-order valence-electron chi connectivity index (χ2n) is 9.17. The highest BCUT2D eigenvalue weighted by atomic mass is 16.5. The summed E-state index contributed by atoms with van der Waals surface area (Å²) in [5.74, 6) is -0.241. The number of rotatable bonds is 4. The Hall–Kier alpha value is -4.06. The molecule has 1 amide bonds. The Kier molecular flexibility index (Phi) is 5.59. The number of hydrogen-bond donors (Lipinski definition) is 1. The second-order valence-corrected chi connectivity index (χ2v) is 9.17. The van der Waals surface area contributed by atoms with Crippen molar-refractivity contribution in [1.29, 1.82) is 0 Å². The molecule has 2 atom stereocenters. The number of carbonyl (C=O) groups excluding carboxylic acids is 2. The molecule has 0 aromatic heterocycles. The maximum Gasteiger partial charge on any atom is 0.300 e. The Balaban J connectivity index is 1.71. The lowest BCUT2D eigenvalue weighted by atomic mass is 9.94. The number of aliphatic hydroxyl groups is 1. The number of anilines is 1. The number of ketones is 1. The zero-order valence-electron chi connectivity index (χ0n) is 20.2. The van der Waals surface area contributed by atoms with Gasteiger partial charge in [0.2, 0.25) is 0 Å². The highest BCUT2D eigenvalue weighted by Crippen LogP contribution is 2.43. The van der Waals surface area contributed by atoms with Crippen LogP contribution in [-0.2, 0) is 16.0 Å². The third kappa shape index (κ3) is 3.85. The molecule has 5 rings (SSSR count). The molecule has 2 aliphatic heterocycles. The minimum atomic E-state index is -0.810. The van der Waals surface area contributed by atoms with E-state index in [0.717, 1.165) is 22.4 Å². The molecule has 0 saturated carbocycles. The van der Waals surface area contributed by atoms with E-state index in [1.165, 1.54) is 4.90 Å². The lowest BCUT2D eigenvalue weighted by Gasteiger charge is -2.26. The Labute approximate surface area is 204 Å². The van der Waals surface area contributed by atoms with Crippen molar-refractivity contribution < 1.29 is 24.2 Å². The fraction of sp³-hybridized carbons (Fsp3) is 0.241. The van der Waals surface area contributed by atoms with E-state index in [2.05, 4.69) is 0 Å². The molecule has 0 bridgehead atoms. The van der Waals surface area contributed by atoms with Crippen LogP contribution in [0.25, 0.3) is 5.76 Å². The number of nitrogens with zero attached hydrogens (tertiary/aromatic N) is 1. The van der Waals surface area contributed by atoms with E-state index >= 15 is 0 Å². The number of benzene rings is 3. The first-order chi connectivity index (χ1) is 16.8. The second kappa shape index (κ2) is 8.62. The van der Waals surface area contributed by atoms with Crippen LogP contribution >= 0.6 is 0 Å². The van der Waals surface area contributed by atoms with Crippen LogP contribution in [0.2, 0.25) is 0 Å². The average Bonchev–Trinajstić information content (AvgIpc) is 3.36. The summed E-state index contributed by atoms with van der Waals surface area (Å²) in [6, 6.07) is 17.4. The van der Waals surface area contributed by atoms with Crippen LogP contribution in [0.15, 0.2) is 66.2 Å². The van der Waals surface area contributed by atoms with Gasteiger partial charge in [0.15, 0.2) is 0 Å². The molecule has 2 unspecified atom stereocenters. The number of carbonyl (C=O) groups is 2.